The quantitative estimate of drug-likeness (QED) is 0.448. The van der Waals surface area contributed by atoms with Crippen LogP contribution >= 0.6 is 11.8 Å². The molecule has 0 aliphatic heterocycles. The van der Waals surface area contributed by atoms with Gasteiger partial charge >= 0.3 is 5.97 Å². The minimum atomic E-state index is -1.77. The molecule has 0 spiro atoms. The van der Waals surface area contributed by atoms with E-state index in [-0.39, 0.29) is 11.8 Å². The fourth-order valence-electron chi connectivity index (χ4n) is 0.831. The average Bonchev–Trinajstić information content (AvgIpc) is 2.18. The normalized spacial score (nSPS) is 12.2. The molecular formula is C9H11FN2O2S. The fourth-order valence-corrected chi connectivity index (χ4v) is 1.50. The topological polar surface area (TPSA) is 52.1 Å². The number of carbonyl (C=O) groups is 1. The fraction of sp³-hybridized carbons (Fsp3) is 0.444. The molecule has 0 aromatic carbocycles. The Labute approximate surface area is 91.3 Å². The first-order valence-electron chi connectivity index (χ1n) is 4.40. The van der Waals surface area contributed by atoms with Crippen LogP contribution in [0.15, 0.2) is 17.4 Å². The van der Waals surface area contributed by atoms with Crippen molar-refractivity contribution in [1.82, 2.24) is 9.97 Å². The Morgan fingerprint density at radius 2 is 2.47 bits per heavy atom. The summed E-state index contributed by atoms with van der Waals surface area (Å²) in [6.45, 7) is 3.55. The number of esters is 1. The predicted molar refractivity (Wildman–Crippen MR) is 54.2 cm³/mol. The summed E-state index contributed by atoms with van der Waals surface area (Å²) in [5.74, 6) is -0.896. The zero-order valence-electron chi connectivity index (χ0n) is 8.44. The third-order valence-corrected chi connectivity index (χ3v) is 2.26. The van der Waals surface area contributed by atoms with Gasteiger partial charge in [-0.15, -0.1) is 0 Å². The van der Waals surface area contributed by atoms with Gasteiger partial charge in [0.25, 0.3) is 0 Å². The lowest BCUT2D eigenvalue weighted by Gasteiger charge is -2.05. The highest BCUT2D eigenvalue weighted by Crippen LogP contribution is 2.21. The van der Waals surface area contributed by atoms with Gasteiger partial charge in [0.05, 0.1) is 6.61 Å². The molecule has 1 unspecified atom stereocenters. The van der Waals surface area contributed by atoms with E-state index in [0.717, 1.165) is 5.69 Å². The van der Waals surface area contributed by atoms with Crippen molar-refractivity contribution in [2.45, 2.75) is 24.5 Å². The van der Waals surface area contributed by atoms with Gasteiger partial charge in [0.1, 0.15) is 0 Å². The molecule has 1 rings (SSSR count). The molecule has 0 saturated heterocycles. The van der Waals surface area contributed by atoms with Crippen LogP contribution in [0.1, 0.15) is 12.6 Å². The van der Waals surface area contributed by atoms with E-state index in [9.17, 15) is 9.18 Å². The molecule has 0 aliphatic rings. The van der Waals surface area contributed by atoms with Crippen LogP contribution in [0.2, 0.25) is 0 Å². The van der Waals surface area contributed by atoms with E-state index >= 15 is 0 Å². The van der Waals surface area contributed by atoms with Crippen LogP contribution in [-0.2, 0) is 9.53 Å². The monoisotopic (exact) mass is 230 g/mol. The first-order chi connectivity index (χ1) is 7.13. The molecule has 0 bridgehead atoms. The van der Waals surface area contributed by atoms with Crippen molar-refractivity contribution in [2.75, 3.05) is 6.61 Å². The molecule has 0 aliphatic carbocycles. The molecule has 6 heteroatoms. The first kappa shape index (κ1) is 11.9. The number of hydrogen-bond acceptors (Lipinski definition) is 5. The van der Waals surface area contributed by atoms with Crippen molar-refractivity contribution < 1.29 is 13.9 Å². The van der Waals surface area contributed by atoms with Crippen LogP contribution in [-0.4, -0.2) is 28.0 Å². The summed E-state index contributed by atoms with van der Waals surface area (Å²) in [5.41, 5.74) is -1.05. The Balaban J connectivity index is 2.58. The molecule has 82 valence electrons. The smallest absolute Gasteiger partial charge is 0.351 e. The van der Waals surface area contributed by atoms with Crippen molar-refractivity contribution in [3.05, 3.63) is 18.0 Å². The van der Waals surface area contributed by atoms with Gasteiger partial charge in [0.15, 0.2) is 5.16 Å². The van der Waals surface area contributed by atoms with E-state index in [1.165, 1.54) is 6.20 Å². The summed E-state index contributed by atoms with van der Waals surface area (Å²) in [6, 6.07) is 1.70. The zero-order chi connectivity index (χ0) is 11.3. The van der Waals surface area contributed by atoms with Crippen LogP contribution in [0.5, 0.6) is 0 Å². The molecule has 4 nitrogen and oxygen atoms in total. The molecule has 0 fully saturated rings. The summed E-state index contributed by atoms with van der Waals surface area (Å²) < 4.78 is 17.7. The second-order valence-corrected chi connectivity index (χ2v) is 3.68. The molecule has 15 heavy (non-hydrogen) atoms. The Hall–Kier alpha value is -1.17. The molecule has 1 aromatic heterocycles. The van der Waals surface area contributed by atoms with Crippen molar-refractivity contribution >= 4 is 17.7 Å². The van der Waals surface area contributed by atoms with Gasteiger partial charge < -0.3 is 4.74 Å². The number of thioether (sulfide) groups is 1. The Morgan fingerprint density at radius 3 is 3.07 bits per heavy atom. The summed E-state index contributed by atoms with van der Waals surface area (Å²) in [7, 11) is 0. The summed E-state index contributed by atoms with van der Waals surface area (Å²) >= 11 is 0.642. The van der Waals surface area contributed by atoms with Crippen LogP contribution in [0.4, 0.5) is 4.39 Å². The van der Waals surface area contributed by atoms with Crippen molar-refractivity contribution in [1.29, 1.82) is 0 Å². The molecule has 0 saturated carbocycles. The minimum Gasteiger partial charge on any atom is -0.463 e. The number of rotatable bonds is 4. The summed E-state index contributed by atoms with van der Waals surface area (Å²) in [4.78, 5) is 18.7. The maximum atomic E-state index is 13.2. The van der Waals surface area contributed by atoms with E-state index in [0.29, 0.717) is 11.8 Å². The standard InChI is InChI=1S/C9H11FN2O2S/c1-3-14-8(13)7(10)15-9-11-5-4-6(2)12-9/h4-5,7H,3H2,1-2H3. The zero-order valence-corrected chi connectivity index (χ0v) is 9.25. The SMILES string of the molecule is CCOC(=O)C(F)Sc1nccc(C)n1. The van der Waals surface area contributed by atoms with Crippen LogP contribution in [0.3, 0.4) is 0 Å². The molecule has 1 aromatic rings. The Kier molecular flexibility index (Phi) is 4.48. The molecule has 0 radical (unpaired) electrons. The van der Waals surface area contributed by atoms with E-state index in [4.69, 9.17) is 0 Å². The molecule has 1 atom stereocenters. The van der Waals surface area contributed by atoms with Crippen LogP contribution in [0, 0.1) is 6.92 Å². The number of ether oxygens (including phenoxy) is 1. The predicted octanol–water partition coefficient (Wildman–Crippen LogP) is 1.74. The number of aromatic nitrogens is 2. The van der Waals surface area contributed by atoms with E-state index in [2.05, 4.69) is 14.7 Å². The van der Waals surface area contributed by atoms with Gasteiger partial charge in [0, 0.05) is 11.9 Å². The number of halogens is 1. The van der Waals surface area contributed by atoms with Gasteiger partial charge in [-0.25, -0.2) is 19.2 Å². The van der Waals surface area contributed by atoms with E-state index in [1.54, 1.807) is 19.9 Å². The minimum absolute atomic E-state index is 0.161. The Morgan fingerprint density at radius 1 is 1.73 bits per heavy atom. The number of aryl methyl sites for hydroxylation is 1. The van der Waals surface area contributed by atoms with E-state index < -0.39 is 11.5 Å². The lowest BCUT2D eigenvalue weighted by Crippen LogP contribution is -2.15. The second kappa shape index (κ2) is 5.65. The molecular weight excluding hydrogens is 219 g/mol. The highest BCUT2D eigenvalue weighted by atomic mass is 32.2. The molecule has 1 heterocycles. The number of carbonyl (C=O) groups excluding carboxylic acids is 1. The number of alkyl halides is 1. The average molecular weight is 230 g/mol. The first-order valence-corrected chi connectivity index (χ1v) is 5.28. The van der Waals surface area contributed by atoms with Crippen LogP contribution in [0.25, 0.3) is 0 Å². The summed E-state index contributed by atoms with van der Waals surface area (Å²) in [5, 5.41) is 0.232. The second-order valence-electron chi connectivity index (χ2n) is 2.67. The lowest BCUT2D eigenvalue weighted by molar-refractivity contribution is -0.145. The highest BCUT2D eigenvalue weighted by Gasteiger charge is 2.21. The number of hydrogen-bond donors (Lipinski definition) is 0. The molecule has 0 N–H and O–H groups in total. The van der Waals surface area contributed by atoms with Gasteiger partial charge in [-0.05, 0) is 31.7 Å². The molecule has 0 amide bonds. The maximum absolute atomic E-state index is 13.2. The third-order valence-electron chi connectivity index (χ3n) is 1.45. The van der Waals surface area contributed by atoms with Gasteiger partial charge in [-0.2, -0.15) is 0 Å². The van der Waals surface area contributed by atoms with Gasteiger partial charge in [-0.1, -0.05) is 0 Å². The summed E-state index contributed by atoms with van der Waals surface area (Å²) in [6.07, 6.45) is 1.52. The van der Waals surface area contributed by atoms with Gasteiger partial charge in [-0.3, -0.25) is 0 Å². The largest absolute Gasteiger partial charge is 0.463 e. The van der Waals surface area contributed by atoms with Crippen molar-refractivity contribution in [3.63, 3.8) is 0 Å². The maximum Gasteiger partial charge on any atom is 0.351 e. The third kappa shape index (κ3) is 3.83. The van der Waals surface area contributed by atoms with Crippen molar-refractivity contribution in [3.8, 4) is 0 Å². The van der Waals surface area contributed by atoms with Gasteiger partial charge in [0.2, 0.25) is 5.50 Å². The van der Waals surface area contributed by atoms with Crippen LogP contribution < -0.4 is 0 Å². The van der Waals surface area contributed by atoms with Crippen molar-refractivity contribution in [2.24, 2.45) is 0 Å². The lowest BCUT2D eigenvalue weighted by atomic mass is 10.5. The Bertz CT molecular complexity index is 349. The highest BCUT2D eigenvalue weighted by molar-refractivity contribution is 8.00. The number of nitrogens with zero attached hydrogens (tertiary/aromatic N) is 2. The van der Waals surface area contributed by atoms with E-state index in [1.807, 2.05) is 0 Å².